The van der Waals surface area contributed by atoms with Crippen LogP contribution in [0.3, 0.4) is 0 Å². The average molecular weight is 341 g/mol. The van der Waals surface area contributed by atoms with Gasteiger partial charge in [-0.1, -0.05) is 34.1 Å². The van der Waals surface area contributed by atoms with Crippen molar-refractivity contribution in [1.29, 1.82) is 0 Å². The fourth-order valence-corrected chi connectivity index (χ4v) is 2.98. The monoisotopic (exact) mass is 340 g/mol. The lowest BCUT2D eigenvalue weighted by molar-refractivity contribution is 0.200. The Bertz CT molecular complexity index is 530. The van der Waals surface area contributed by atoms with Crippen molar-refractivity contribution in [3.8, 4) is 0 Å². The molecular formula is C15H14BrFOS. The summed E-state index contributed by atoms with van der Waals surface area (Å²) in [6.07, 6.45) is 0.184. The molecule has 0 aliphatic rings. The van der Waals surface area contributed by atoms with Crippen LogP contribution in [-0.2, 0) is 6.42 Å². The maximum absolute atomic E-state index is 12.8. The number of benzene rings is 2. The summed E-state index contributed by atoms with van der Waals surface area (Å²) in [5.74, 6) is 0.352. The minimum absolute atomic E-state index is 0.238. The second-order valence-corrected chi connectivity index (χ2v) is 6.16. The Balaban J connectivity index is 1.86. The highest BCUT2D eigenvalue weighted by atomic mass is 79.9. The standard InChI is InChI=1S/C15H14BrFOS/c16-15-4-2-1-3-11(15)9-13(18)10-19-14-7-5-12(17)6-8-14/h1-8,13,18H,9-10H2. The van der Waals surface area contributed by atoms with Crippen molar-refractivity contribution < 1.29 is 9.50 Å². The number of aliphatic hydroxyl groups excluding tert-OH is 1. The molecule has 0 heterocycles. The predicted molar refractivity (Wildman–Crippen MR) is 81.0 cm³/mol. The SMILES string of the molecule is OC(CSc1ccc(F)cc1)Cc1ccccc1Br. The predicted octanol–water partition coefficient (Wildman–Crippen LogP) is 4.28. The number of halogens is 2. The Morgan fingerprint density at radius 3 is 2.47 bits per heavy atom. The second kappa shape index (κ2) is 7.08. The summed E-state index contributed by atoms with van der Waals surface area (Å²) in [5.41, 5.74) is 1.09. The zero-order chi connectivity index (χ0) is 13.7. The molecule has 2 rings (SSSR count). The first kappa shape index (κ1) is 14.6. The highest BCUT2D eigenvalue weighted by Crippen LogP contribution is 2.22. The molecule has 0 saturated heterocycles. The van der Waals surface area contributed by atoms with Crippen molar-refractivity contribution in [2.75, 3.05) is 5.75 Å². The number of aliphatic hydroxyl groups is 1. The Morgan fingerprint density at radius 1 is 1.11 bits per heavy atom. The van der Waals surface area contributed by atoms with E-state index in [2.05, 4.69) is 15.9 Å². The van der Waals surface area contributed by atoms with Crippen LogP contribution in [0.2, 0.25) is 0 Å². The van der Waals surface area contributed by atoms with E-state index in [-0.39, 0.29) is 5.82 Å². The van der Waals surface area contributed by atoms with Gasteiger partial charge in [-0.2, -0.15) is 0 Å². The quantitative estimate of drug-likeness (QED) is 0.819. The molecule has 0 aromatic heterocycles. The molecule has 4 heteroatoms. The highest BCUT2D eigenvalue weighted by molar-refractivity contribution is 9.10. The molecule has 100 valence electrons. The third kappa shape index (κ3) is 4.64. The van der Waals surface area contributed by atoms with Crippen molar-refractivity contribution >= 4 is 27.7 Å². The van der Waals surface area contributed by atoms with Gasteiger partial charge in [-0.3, -0.25) is 0 Å². The highest BCUT2D eigenvalue weighted by Gasteiger charge is 2.08. The maximum Gasteiger partial charge on any atom is 0.123 e. The Morgan fingerprint density at radius 2 is 1.79 bits per heavy atom. The Kier molecular flexibility index (Phi) is 5.43. The third-order valence-corrected chi connectivity index (χ3v) is 4.60. The van der Waals surface area contributed by atoms with E-state index < -0.39 is 6.10 Å². The van der Waals surface area contributed by atoms with E-state index in [9.17, 15) is 9.50 Å². The molecule has 19 heavy (non-hydrogen) atoms. The molecule has 2 aromatic carbocycles. The summed E-state index contributed by atoms with van der Waals surface area (Å²) in [6.45, 7) is 0. The van der Waals surface area contributed by atoms with Crippen LogP contribution in [-0.4, -0.2) is 17.0 Å². The summed E-state index contributed by atoms with van der Waals surface area (Å²) in [5, 5.41) is 10.0. The lowest BCUT2D eigenvalue weighted by atomic mass is 10.1. The normalized spacial score (nSPS) is 12.4. The van der Waals surface area contributed by atoms with Crippen molar-refractivity contribution in [3.63, 3.8) is 0 Å². The number of thioether (sulfide) groups is 1. The van der Waals surface area contributed by atoms with Gasteiger partial charge in [0.15, 0.2) is 0 Å². The number of hydrogen-bond acceptors (Lipinski definition) is 2. The van der Waals surface area contributed by atoms with Gasteiger partial charge in [0.1, 0.15) is 5.82 Å². The number of rotatable bonds is 5. The molecule has 0 fully saturated rings. The van der Waals surface area contributed by atoms with E-state index in [1.54, 1.807) is 12.1 Å². The van der Waals surface area contributed by atoms with Crippen molar-refractivity contribution in [2.45, 2.75) is 17.4 Å². The maximum atomic E-state index is 12.8. The van der Waals surface area contributed by atoms with Gasteiger partial charge in [-0.25, -0.2) is 4.39 Å². The summed E-state index contributed by atoms with van der Waals surface area (Å²) < 4.78 is 13.8. The zero-order valence-electron chi connectivity index (χ0n) is 10.2. The molecule has 0 saturated carbocycles. The molecule has 0 aliphatic carbocycles. The molecule has 2 aromatic rings. The molecule has 1 atom stereocenters. The summed E-state index contributed by atoms with van der Waals surface area (Å²) in [4.78, 5) is 0.965. The molecule has 1 nitrogen and oxygen atoms in total. The molecule has 0 radical (unpaired) electrons. The minimum Gasteiger partial charge on any atom is -0.392 e. The van der Waals surface area contributed by atoms with Crippen LogP contribution in [0.4, 0.5) is 4.39 Å². The fraction of sp³-hybridized carbons (Fsp3) is 0.200. The summed E-state index contributed by atoms with van der Waals surface area (Å²) in [7, 11) is 0. The van der Waals surface area contributed by atoms with Gasteiger partial charge in [0.25, 0.3) is 0 Å². The van der Waals surface area contributed by atoms with Crippen LogP contribution >= 0.6 is 27.7 Å². The van der Waals surface area contributed by atoms with E-state index >= 15 is 0 Å². The average Bonchev–Trinajstić information content (AvgIpc) is 2.41. The van der Waals surface area contributed by atoms with Crippen molar-refractivity contribution in [1.82, 2.24) is 0 Å². The van der Waals surface area contributed by atoms with Crippen molar-refractivity contribution in [3.05, 3.63) is 64.4 Å². The molecular weight excluding hydrogens is 327 g/mol. The van der Waals surface area contributed by atoms with E-state index in [4.69, 9.17) is 0 Å². The van der Waals surface area contributed by atoms with Gasteiger partial charge >= 0.3 is 0 Å². The van der Waals surface area contributed by atoms with Crippen LogP contribution in [0.15, 0.2) is 57.9 Å². The smallest absolute Gasteiger partial charge is 0.123 e. The summed E-state index contributed by atoms with van der Waals surface area (Å²) in [6, 6.07) is 14.2. The largest absolute Gasteiger partial charge is 0.392 e. The van der Waals surface area contributed by atoms with E-state index in [0.717, 1.165) is 14.9 Å². The first-order valence-electron chi connectivity index (χ1n) is 5.95. The third-order valence-electron chi connectivity index (χ3n) is 2.67. The van der Waals surface area contributed by atoms with Gasteiger partial charge in [-0.15, -0.1) is 11.8 Å². The molecule has 1 unspecified atom stereocenters. The second-order valence-electron chi connectivity index (χ2n) is 4.21. The van der Waals surface area contributed by atoms with E-state index in [0.29, 0.717) is 12.2 Å². The lowest BCUT2D eigenvalue weighted by Crippen LogP contribution is -2.13. The molecule has 1 N–H and O–H groups in total. The number of hydrogen-bond donors (Lipinski definition) is 1. The topological polar surface area (TPSA) is 20.2 Å². The van der Waals surface area contributed by atoms with Crippen LogP contribution < -0.4 is 0 Å². The van der Waals surface area contributed by atoms with Crippen LogP contribution in [0.1, 0.15) is 5.56 Å². The van der Waals surface area contributed by atoms with Crippen LogP contribution in [0.5, 0.6) is 0 Å². The van der Waals surface area contributed by atoms with Crippen LogP contribution in [0.25, 0.3) is 0 Å². The van der Waals surface area contributed by atoms with Gasteiger partial charge in [0.2, 0.25) is 0 Å². The van der Waals surface area contributed by atoms with Gasteiger partial charge in [0, 0.05) is 21.5 Å². The zero-order valence-corrected chi connectivity index (χ0v) is 12.6. The lowest BCUT2D eigenvalue weighted by Gasteiger charge is -2.11. The van der Waals surface area contributed by atoms with Gasteiger partial charge in [0.05, 0.1) is 6.10 Å². The Labute approximate surface area is 125 Å². The first-order valence-corrected chi connectivity index (χ1v) is 7.73. The van der Waals surface area contributed by atoms with E-state index in [1.807, 2.05) is 24.3 Å². The minimum atomic E-state index is -0.422. The molecule has 0 bridgehead atoms. The molecule has 0 aliphatic heterocycles. The first-order chi connectivity index (χ1) is 9.15. The van der Waals surface area contributed by atoms with E-state index in [1.165, 1.54) is 23.9 Å². The Hall–Kier alpha value is -0.840. The van der Waals surface area contributed by atoms with Crippen LogP contribution in [0, 0.1) is 5.82 Å². The van der Waals surface area contributed by atoms with Gasteiger partial charge < -0.3 is 5.11 Å². The molecule has 0 amide bonds. The van der Waals surface area contributed by atoms with Crippen molar-refractivity contribution in [2.24, 2.45) is 0 Å². The summed E-state index contributed by atoms with van der Waals surface area (Å²) >= 11 is 5.00. The van der Waals surface area contributed by atoms with Gasteiger partial charge in [-0.05, 0) is 35.9 Å². The fourth-order valence-electron chi connectivity index (χ4n) is 1.70. The molecule has 0 spiro atoms.